The highest BCUT2D eigenvalue weighted by Crippen LogP contribution is 2.47. The van der Waals surface area contributed by atoms with Crippen LogP contribution >= 0.6 is 0 Å². The molecule has 0 bridgehead atoms. The van der Waals surface area contributed by atoms with Gasteiger partial charge in [-0.1, -0.05) is 163 Å². The molecular formula is C50H30O. The van der Waals surface area contributed by atoms with E-state index in [0.717, 1.165) is 38.3 Å². The fraction of sp³-hybridized carbons (Fsp3) is 0. The summed E-state index contributed by atoms with van der Waals surface area (Å²) in [5, 5.41) is 3.33. The lowest BCUT2D eigenvalue weighted by Gasteiger charge is -2.20. The molecule has 0 unspecified atom stereocenters. The number of rotatable bonds is 3. The molecule has 0 aliphatic rings. The summed E-state index contributed by atoms with van der Waals surface area (Å²) in [4.78, 5) is 0. The van der Waals surface area contributed by atoms with Crippen molar-refractivity contribution in [1.29, 1.82) is 0 Å². The van der Waals surface area contributed by atoms with E-state index < -0.39 is 107 Å². The number of hydrogen-bond donors (Lipinski definition) is 0. The van der Waals surface area contributed by atoms with Gasteiger partial charge in [-0.15, -0.1) is 0 Å². The van der Waals surface area contributed by atoms with Crippen LogP contribution < -0.4 is 0 Å². The smallest absolute Gasteiger partial charge is 0.143 e. The minimum Gasteiger partial charge on any atom is -0.455 e. The lowest BCUT2D eigenvalue weighted by Crippen LogP contribution is -1.92. The van der Waals surface area contributed by atoms with Gasteiger partial charge in [0, 0.05) is 16.2 Å². The van der Waals surface area contributed by atoms with E-state index in [1.54, 1.807) is 12.1 Å². The molecule has 0 fully saturated rings. The van der Waals surface area contributed by atoms with E-state index in [0.29, 0.717) is 21.9 Å². The van der Waals surface area contributed by atoms with Crippen LogP contribution in [-0.4, -0.2) is 0 Å². The van der Waals surface area contributed by atoms with Gasteiger partial charge in [0.15, 0.2) is 0 Å². The Morgan fingerprint density at radius 1 is 0.373 bits per heavy atom. The number of hydrogen-bond acceptors (Lipinski definition) is 1. The molecule has 0 N–H and O–H groups in total. The summed E-state index contributed by atoms with van der Waals surface area (Å²) in [7, 11) is 0. The first-order chi connectivity index (χ1) is 31.5. The monoisotopic (exact) mass is 661 g/mol. The third-order valence-corrected chi connectivity index (χ3v) is 9.79. The van der Waals surface area contributed by atoms with E-state index in [1.807, 2.05) is 72.8 Å². The van der Waals surface area contributed by atoms with E-state index in [-0.39, 0.29) is 32.7 Å². The Kier molecular flexibility index (Phi) is 3.70. The van der Waals surface area contributed by atoms with Gasteiger partial charge in [-0.25, -0.2) is 0 Å². The van der Waals surface area contributed by atoms with Gasteiger partial charge in [-0.2, -0.15) is 0 Å². The molecule has 0 saturated carbocycles. The average molecular weight is 662 g/mol. The first kappa shape index (κ1) is 17.3. The Morgan fingerprint density at radius 3 is 1.80 bits per heavy atom. The molecule has 11 rings (SSSR count). The lowest BCUT2D eigenvalue weighted by molar-refractivity contribution is 0.673. The molecule has 0 aliphatic carbocycles. The molecule has 0 radical (unpaired) electrons. The first-order valence-corrected chi connectivity index (χ1v) is 16.4. The molecule has 1 heterocycles. The highest BCUT2D eigenvalue weighted by Gasteiger charge is 2.20. The molecule has 1 nitrogen and oxygen atoms in total. The van der Waals surface area contributed by atoms with Crippen LogP contribution in [0.4, 0.5) is 0 Å². The maximum absolute atomic E-state index is 9.51. The van der Waals surface area contributed by atoms with E-state index in [2.05, 4.69) is 6.07 Å². The summed E-state index contributed by atoms with van der Waals surface area (Å²) >= 11 is 0. The Hall–Kier alpha value is -6.70. The van der Waals surface area contributed by atoms with Gasteiger partial charge in [-0.05, 0) is 100 Å². The number of fused-ring (bicyclic) bond motifs is 9. The van der Waals surface area contributed by atoms with Crippen molar-refractivity contribution in [2.24, 2.45) is 0 Å². The van der Waals surface area contributed by atoms with Crippen LogP contribution in [0, 0.1) is 0 Å². The zero-order valence-electron chi connectivity index (χ0n) is 41.6. The molecule has 0 aliphatic heterocycles. The van der Waals surface area contributed by atoms with Crippen molar-refractivity contribution in [2.45, 2.75) is 0 Å². The van der Waals surface area contributed by atoms with Crippen molar-refractivity contribution in [3.63, 3.8) is 0 Å². The topological polar surface area (TPSA) is 13.1 Å². The predicted molar refractivity (Wildman–Crippen MR) is 218 cm³/mol. The van der Waals surface area contributed by atoms with Gasteiger partial charge in [0.05, 0.1) is 20.6 Å². The van der Waals surface area contributed by atoms with E-state index in [1.165, 1.54) is 0 Å². The Bertz CT molecular complexity index is 3970. The Morgan fingerprint density at radius 2 is 1.00 bits per heavy atom. The summed E-state index contributed by atoms with van der Waals surface area (Å²) in [6.07, 6.45) is 0. The second-order valence-corrected chi connectivity index (χ2v) is 12.4. The van der Waals surface area contributed by atoms with Gasteiger partial charge in [0.2, 0.25) is 0 Å². The van der Waals surface area contributed by atoms with Crippen molar-refractivity contribution in [3.8, 4) is 33.4 Å². The molecular weight excluding hydrogens is 617 g/mol. The first-order valence-electron chi connectivity index (χ1n) is 23.9. The molecule has 10 aromatic carbocycles. The maximum atomic E-state index is 9.51. The number of benzene rings is 10. The van der Waals surface area contributed by atoms with E-state index in [9.17, 15) is 6.85 Å². The zero-order chi connectivity index (χ0) is 46.5. The summed E-state index contributed by atoms with van der Waals surface area (Å²) < 4.78 is 142. The third-order valence-electron chi connectivity index (χ3n) is 9.79. The second kappa shape index (κ2) is 10.9. The Labute approximate surface area is 315 Å². The highest BCUT2D eigenvalue weighted by atomic mass is 16.3. The quantitative estimate of drug-likeness (QED) is 0.172. The predicted octanol–water partition coefficient (Wildman–Crippen LogP) is 14.4. The molecule has 11 aromatic rings. The SMILES string of the molecule is [2H]c1c([2H])c([2H])c2c(-c3c4c([2H])c([2H])c([2H])c([2H])c4c(-c4cccc5cc(-c6cccc7oc8c9ccccc9ccc8c67)ccc45)c4c([2H])c([2H])c([2H])c([2H])c34)c([2H])c([2H])c([2H])c2c1[2H]. The van der Waals surface area contributed by atoms with Crippen molar-refractivity contribution >= 4 is 75.8 Å². The molecule has 51 heavy (non-hydrogen) atoms. The minimum atomic E-state index is -0.758. The van der Waals surface area contributed by atoms with Crippen LogP contribution in [0.15, 0.2) is 186 Å². The van der Waals surface area contributed by atoms with Crippen molar-refractivity contribution in [1.82, 2.24) is 0 Å². The number of furan rings is 1. The average Bonchev–Trinajstić information content (AvgIpc) is 3.72. The summed E-state index contributed by atoms with van der Waals surface area (Å²) in [6.45, 7) is 0. The van der Waals surface area contributed by atoms with Gasteiger partial charge in [-0.3, -0.25) is 0 Å². The van der Waals surface area contributed by atoms with Crippen LogP contribution in [0.1, 0.15) is 20.6 Å². The minimum absolute atomic E-state index is 0.0388. The van der Waals surface area contributed by atoms with Crippen molar-refractivity contribution in [2.75, 3.05) is 0 Å². The standard InChI is InChI=1S/C50H30O/c1-3-16-35-31(12-1)14-9-23-39(35)47-41-18-5-7-20-43(41)48(44-21-8-6-19-42(44)47)40-24-10-15-33-30-34(27-28-36(33)40)37-22-11-25-46-49(37)45-29-26-32-13-2-4-17-38(32)50(45)51-46/h1-30H/i1D,3D,5D,6D,7D,8D,9D,12D,14D,16D,18D,19D,20D,21D,23D. The largest absolute Gasteiger partial charge is 0.455 e. The summed E-state index contributed by atoms with van der Waals surface area (Å²) in [6, 6.07) is 18.8. The Balaban J connectivity index is 1.30. The van der Waals surface area contributed by atoms with Gasteiger partial charge in [0.25, 0.3) is 0 Å². The highest BCUT2D eigenvalue weighted by molar-refractivity contribution is 6.25. The molecule has 0 spiro atoms. The molecule has 0 saturated heterocycles. The van der Waals surface area contributed by atoms with E-state index in [4.69, 9.17) is 18.1 Å². The van der Waals surface area contributed by atoms with Crippen LogP contribution in [0.5, 0.6) is 0 Å². The van der Waals surface area contributed by atoms with Gasteiger partial charge < -0.3 is 4.42 Å². The van der Waals surface area contributed by atoms with Crippen molar-refractivity contribution in [3.05, 3.63) is 182 Å². The van der Waals surface area contributed by atoms with Crippen LogP contribution in [0.25, 0.3) is 109 Å². The lowest BCUT2D eigenvalue weighted by atomic mass is 9.83. The third kappa shape index (κ3) is 4.16. The second-order valence-electron chi connectivity index (χ2n) is 12.4. The van der Waals surface area contributed by atoms with Crippen LogP contribution in [0.3, 0.4) is 0 Å². The van der Waals surface area contributed by atoms with Gasteiger partial charge >= 0.3 is 0 Å². The summed E-state index contributed by atoms with van der Waals surface area (Å²) in [5.41, 5.74) is 2.78. The fourth-order valence-electron chi connectivity index (χ4n) is 7.61. The van der Waals surface area contributed by atoms with Gasteiger partial charge in [0.1, 0.15) is 11.2 Å². The molecule has 1 heteroatoms. The normalized spacial score (nSPS) is 16.0. The molecule has 0 atom stereocenters. The van der Waals surface area contributed by atoms with Crippen molar-refractivity contribution < 1.29 is 25.0 Å². The van der Waals surface area contributed by atoms with Crippen LogP contribution in [-0.2, 0) is 0 Å². The molecule has 236 valence electrons. The molecule has 1 aromatic heterocycles. The maximum Gasteiger partial charge on any atom is 0.143 e. The molecule has 0 amide bonds. The van der Waals surface area contributed by atoms with Crippen LogP contribution in [0.2, 0.25) is 0 Å². The van der Waals surface area contributed by atoms with E-state index >= 15 is 0 Å². The summed E-state index contributed by atoms with van der Waals surface area (Å²) in [5.74, 6) is 0. The zero-order valence-corrected chi connectivity index (χ0v) is 26.6. The fourth-order valence-corrected chi connectivity index (χ4v) is 7.61.